The minimum Gasteiger partial charge on any atom is -0.365 e. The van der Waals surface area contributed by atoms with Gasteiger partial charge in [-0.2, -0.15) is 0 Å². The van der Waals surface area contributed by atoms with E-state index in [9.17, 15) is 4.79 Å². The molecule has 0 unspecified atom stereocenters. The Hall–Kier alpha value is -1.26. The van der Waals surface area contributed by atoms with E-state index in [0.717, 1.165) is 17.8 Å². The molecule has 0 fully saturated rings. The standard InChI is InChI=1S/C14H22ClN3O/c1-10(2)17-8-11-5-6-12(15)7-13(11)18(4)9-14(19)16-3/h5-7,10,17H,8-9H2,1-4H3,(H,16,19). The molecule has 0 aliphatic heterocycles. The van der Waals surface area contributed by atoms with Gasteiger partial charge in [-0.05, 0) is 17.7 Å². The quantitative estimate of drug-likeness (QED) is 0.840. The normalized spacial score (nSPS) is 10.6. The Kier molecular flexibility index (Phi) is 6.12. The minimum absolute atomic E-state index is 0.0229. The van der Waals surface area contributed by atoms with E-state index >= 15 is 0 Å². The summed E-state index contributed by atoms with van der Waals surface area (Å²) in [7, 11) is 3.52. The predicted octanol–water partition coefficient (Wildman–Crippen LogP) is 2.02. The molecule has 0 aliphatic rings. The topological polar surface area (TPSA) is 44.4 Å². The molecule has 0 heterocycles. The average molecular weight is 284 g/mol. The summed E-state index contributed by atoms with van der Waals surface area (Å²) in [6.07, 6.45) is 0. The zero-order valence-corrected chi connectivity index (χ0v) is 12.7. The van der Waals surface area contributed by atoms with E-state index in [1.165, 1.54) is 0 Å². The molecule has 0 radical (unpaired) electrons. The first kappa shape index (κ1) is 15.8. The summed E-state index contributed by atoms with van der Waals surface area (Å²) in [4.78, 5) is 13.4. The molecule has 0 saturated heterocycles. The van der Waals surface area contributed by atoms with Gasteiger partial charge in [0.1, 0.15) is 0 Å². The van der Waals surface area contributed by atoms with Gasteiger partial charge in [0.25, 0.3) is 0 Å². The summed E-state index contributed by atoms with van der Waals surface area (Å²) < 4.78 is 0. The van der Waals surface area contributed by atoms with Crippen LogP contribution in [0.2, 0.25) is 5.02 Å². The monoisotopic (exact) mass is 283 g/mol. The fourth-order valence-electron chi connectivity index (χ4n) is 1.74. The van der Waals surface area contributed by atoms with Crippen molar-refractivity contribution in [1.29, 1.82) is 0 Å². The Morgan fingerprint density at radius 1 is 1.42 bits per heavy atom. The summed E-state index contributed by atoms with van der Waals surface area (Å²) >= 11 is 6.05. The second kappa shape index (κ2) is 7.36. The molecular weight excluding hydrogens is 262 g/mol. The van der Waals surface area contributed by atoms with Crippen LogP contribution < -0.4 is 15.5 Å². The van der Waals surface area contributed by atoms with Crippen molar-refractivity contribution in [2.75, 3.05) is 25.5 Å². The summed E-state index contributed by atoms with van der Waals surface area (Å²) in [5.41, 5.74) is 2.11. The smallest absolute Gasteiger partial charge is 0.239 e. The number of likely N-dealkylation sites (N-methyl/N-ethyl adjacent to an activating group) is 2. The third kappa shape index (κ3) is 5.09. The first-order chi connectivity index (χ1) is 8.93. The van der Waals surface area contributed by atoms with Crippen molar-refractivity contribution in [3.05, 3.63) is 28.8 Å². The Morgan fingerprint density at radius 2 is 2.11 bits per heavy atom. The molecule has 0 aliphatic carbocycles. The van der Waals surface area contributed by atoms with Crippen LogP contribution in [0, 0.1) is 0 Å². The van der Waals surface area contributed by atoms with Crippen LogP contribution >= 0.6 is 11.6 Å². The number of hydrogen-bond acceptors (Lipinski definition) is 3. The van der Waals surface area contributed by atoms with Crippen LogP contribution in [0.4, 0.5) is 5.69 Å². The molecule has 0 atom stereocenters. The number of carbonyl (C=O) groups excluding carboxylic acids is 1. The molecule has 0 aromatic heterocycles. The van der Waals surface area contributed by atoms with Gasteiger partial charge in [0.15, 0.2) is 0 Å². The highest BCUT2D eigenvalue weighted by Gasteiger charge is 2.11. The lowest BCUT2D eigenvalue weighted by molar-refractivity contribution is -0.119. The predicted molar refractivity (Wildman–Crippen MR) is 80.8 cm³/mol. The van der Waals surface area contributed by atoms with Crippen LogP contribution in [-0.4, -0.2) is 32.6 Å². The average Bonchev–Trinajstić information content (AvgIpc) is 2.36. The van der Waals surface area contributed by atoms with E-state index in [-0.39, 0.29) is 5.91 Å². The van der Waals surface area contributed by atoms with Crippen molar-refractivity contribution in [2.45, 2.75) is 26.4 Å². The number of halogens is 1. The molecule has 4 nitrogen and oxygen atoms in total. The van der Waals surface area contributed by atoms with Crippen molar-refractivity contribution < 1.29 is 4.79 Å². The van der Waals surface area contributed by atoms with Gasteiger partial charge in [0, 0.05) is 37.4 Å². The van der Waals surface area contributed by atoms with E-state index in [2.05, 4.69) is 24.5 Å². The van der Waals surface area contributed by atoms with Gasteiger partial charge < -0.3 is 15.5 Å². The van der Waals surface area contributed by atoms with Crippen molar-refractivity contribution in [3.8, 4) is 0 Å². The molecule has 1 amide bonds. The molecule has 0 spiro atoms. The van der Waals surface area contributed by atoms with Crippen molar-refractivity contribution in [2.24, 2.45) is 0 Å². The van der Waals surface area contributed by atoms with Gasteiger partial charge in [-0.15, -0.1) is 0 Å². The summed E-state index contributed by atoms with van der Waals surface area (Å²) in [6.45, 7) is 5.27. The van der Waals surface area contributed by atoms with E-state index < -0.39 is 0 Å². The van der Waals surface area contributed by atoms with Crippen LogP contribution in [-0.2, 0) is 11.3 Å². The zero-order valence-electron chi connectivity index (χ0n) is 12.0. The third-order valence-corrected chi connectivity index (χ3v) is 3.05. The zero-order chi connectivity index (χ0) is 14.4. The first-order valence-corrected chi connectivity index (χ1v) is 6.75. The molecule has 5 heteroatoms. The lowest BCUT2D eigenvalue weighted by Crippen LogP contribution is -2.34. The number of hydrogen-bond donors (Lipinski definition) is 2. The molecular formula is C14H22ClN3O. The van der Waals surface area contributed by atoms with Crippen molar-refractivity contribution in [3.63, 3.8) is 0 Å². The molecule has 1 rings (SSSR count). The SMILES string of the molecule is CNC(=O)CN(C)c1cc(Cl)ccc1CNC(C)C. The molecule has 106 valence electrons. The maximum Gasteiger partial charge on any atom is 0.239 e. The van der Waals surface area contributed by atoms with Gasteiger partial charge in [0.2, 0.25) is 5.91 Å². The number of nitrogens with zero attached hydrogens (tertiary/aromatic N) is 1. The second-order valence-electron chi connectivity index (χ2n) is 4.84. The van der Waals surface area contributed by atoms with Gasteiger partial charge in [-0.25, -0.2) is 0 Å². The summed E-state index contributed by atoms with van der Waals surface area (Å²) in [6, 6.07) is 6.17. The van der Waals surface area contributed by atoms with Crippen molar-refractivity contribution >= 4 is 23.2 Å². The van der Waals surface area contributed by atoms with Crippen LogP contribution in [0.1, 0.15) is 19.4 Å². The number of benzene rings is 1. The van der Waals surface area contributed by atoms with Crippen LogP contribution in [0.5, 0.6) is 0 Å². The third-order valence-electron chi connectivity index (χ3n) is 2.82. The molecule has 2 N–H and O–H groups in total. The van der Waals surface area contributed by atoms with E-state index in [1.54, 1.807) is 7.05 Å². The van der Waals surface area contributed by atoms with Gasteiger partial charge in [-0.1, -0.05) is 31.5 Å². The summed E-state index contributed by atoms with van der Waals surface area (Å²) in [5, 5.41) is 6.67. The largest absolute Gasteiger partial charge is 0.365 e. The molecule has 19 heavy (non-hydrogen) atoms. The maximum absolute atomic E-state index is 11.5. The summed E-state index contributed by atoms with van der Waals surface area (Å²) in [5.74, 6) is -0.0229. The number of anilines is 1. The Balaban J connectivity index is 2.89. The lowest BCUT2D eigenvalue weighted by Gasteiger charge is -2.22. The van der Waals surface area contributed by atoms with Gasteiger partial charge in [-0.3, -0.25) is 4.79 Å². The highest BCUT2D eigenvalue weighted by atomic mass is 35.5. The number of carbonyl (C=O) groups is 1. The fourth-order valence-corrected chi connectivity index (χ4v) is 1.90. The number of rotatable bonds is 6. The van der Waals surface area contributed by atoms with E-state index in [1.807, 2.05) is 30.1 Å². The van der Waals surface area contributed by atoms with Crippen LogP contribution in [0.3, 0.4) is 0 Å². The number of amides is 1. The lowest BCUT2D eigenvalue weighted by atomic mass is 10.1. The molecule has 1 aromatic carbocycles. The molecule has 0 bridgehead atoms. The first-order valence-electron chi connectivity index (χ1n) is 6.37. The van der Waals surface area contributed by atoms with Crippen molar-refractivity contribution in [1.82, 2.24) is 10.6 Å². The minimum atomic E-state index is -0.0229. The van der Waals surface area contributed by atoms with Crippen LogP contribution in [0.15, 0.2) is 18.2 Å². The Labute approximate surface area is 120 Å². The van der Waals surface area contributed by atoms with E-state index in [0.29, 0.717) is 17.6 Å². The van der Waals surface area contributed by atoms with E-state index in [4.69, 9.17) is 11.6 Å². The number of nitrogens with one attached hydrogen (secondary N) is 2. The molecule has 1 aromatic rings. The van der Waals surface area contributed by atoms with Gasteiger partial charge >= 0.3 is 0 Å². The van der Waals surface area contributed by atoms with Gasteiger partial charge in [0.05, 0.1) is 6.54 Å². The fraction of sp³-hybridized carbons (Fsp3) is 0.500. The van der Waals surface area contributed by atoms with Crippen LogP contribution in [0.25, 0.3) is 0 Å². The maximum atomic E-state index is 11.5. The Morgan fingerprint density at radius 3 is 2.68 bits per heavy atom. The highest BCUT2D eigenvalue weighted by Crippen LogP contribution is 2.24. The molecule has 0 saturated carbocycles. The highest BCUT2D eigenvalue weighted by molar-refractivity contribution is 6.30. The Bertz CT molecular complexity index is 435. The second-order valence-corrected chi connectivity index (χ2v) is 5.27.